The fourth-order valence-corrected chi connectivity index (χ4v) is 2.36. The van der Waals surface area contributed by atoms with Gasteiger partial charge in [0.05, 0.1) is 0 Å². The number of benzene rings is 1. The Morgan fingerprint density at radius 2 is 2.16 bits per heavy atom. The Bertz CT molecular complexity index is 392. The molecule has 0 aliphatic carbocycles. The largest absolute Gasteiger partial charge is 0.492 e. The second-order valence-corrected chi connectivity index (χ2v) is 5.24. The summed E-state index contributed by atoms with van der Waals surface area (Å²) in [6.45, 7) is 8.20. The van der Waals surface area contributed by atoms with Crippen LogP contribution in [-0.4, -0.2) is 44.2 Å². The fraction of sp³-hybridized carbons (Fsp3) is 0.600. The summed E-state index contributed by atoms with van der Waals surface area (Å²) in [5, 5.41) is 3.40. The zero-order chi connectivity index (χ0) is 13.0. The van der Waals surface area contributed by atoms with Gasteiger partial charge in [-0.15, -0.1) is 12.4 Å². The highest BCUT2D eigenvalue weighted by atomic mass is 35.5. The van der Waals surface area contributed by atoms with E-state index in [1.165, 1.54) is 17.5 Å². The smallest absolute Gasteiger partial charge is 0.122 e. The van der Waals surface area contributed by atoms with Crippen molar-refractivity contribution in [2.45, 2.75) is 26.3 Å². The van der Waals surface area contributed by atoms with Crippen molar-refractivity contribution in [2.24, 2.45) is 0 Å². The van der Waals surface area contributed by atoms with Crippen molar-refractivity contribution >= 4 is 12.4 Å². The highest BCUT2D eigenvalue weighted by molar-refractivity contribution is 5.85. The maximum absolute atomic E-state index is 5.89. The molecule has 1 N–H and O–H groups in total. The van der Waals surface area contributed by atoms with Gasteiger partial charge in [0, 0.05) is 19.1 Å². The third kappa shape index (κ3) is 4.68. The summed E-state index contributed by atoms with van der Waals surface area (Å²) < 4.78 is 5.89. The summed E-state index contributed by atoms with van der Waals surface area (Å²) in [6, 6.07) is 7.03. The van der Waals surface area contributed by atoms with Crippen molar-refractivity contribution in [3.05, 3.63) is 29.3 Å². The minimum Gasteiger partial charge on any atom is -0.492 e. The van der Waals surface area contributed by atoms with E-state index in [4.69, 9.17) is 4.74 Å². The van der Waals surface area contributed by atoms with E-state index in [9.17, 15) is 0 Å². The van der Waals surface area contributed by atoms with Crippen molar-refractivity contribution in [2.75, 3.05) is 33.3 Å². The Morgan fingerprint density at radius 3 is 2.84 bits per heavy atom. The molecule has 0 bridgehead atoms. The van der Waals surface area contributed by atoms with Gasteiger partial charge < -0.3 is 10.1 Å². The van der Waals surface area contributed by atoms with Crippen molar-refractivity contribution in [3.8, 4) is 5.75 Å². The zero-order valence-electron chi connectivity index (χ0n) is 12.1. The molecule has 0 spiro atoms. The van der Waals surface area contributed by atoms with Crippen LogP contribution in [0.5, 0.6) is 5.75 Å². The first-order valence-electron chi connectivity index (χ1n) is 6.78. The second-order valence-electron chi connectivity index (χ2n) is 5.24. The molecule has 0 amide bonds. The van der Waals surface area contributed by atoms with Gasteiger partial charge in [-0.25, -0.2) is 0 Å². The van der Waals surface area contributed by atoms with Crippen molar-refractivity contribution in [1.82, 2.24) is 10.2 Å². The molecule has 0 radical (unpaired) electrons. The lowest BCUT2D eigenvalue weighted by atomic mass is 10.1. The minimum absolute atomic E-state index is 0. The molecule has 1 heterocycles. The average Bonchev–Trinajstić information content (AvgIpc) is 2.87. The molecule has 4 heteroatoms. The van der Waals surface area contributed by atoms with Crippen LogP contribution in [0.1, 0.15) is 17.5 Å². The van der Waals surface area contributed by atoms with Crippen molar-refractivity contribution in [1.29, 1.82) is 0 Å². The van der Waals surface area contributed by atoms with Crippen LogP contribution in [-0.2, 0) is 0 Å². The number of likely N-dealkylation sites (N-methyl/N-ethyl adjacent to an activating group) is 1. The molecule has 1 fully saturated rings. The van der Waals surface area contributed by atoms with E-state index < -0.39 is 0 Å². The minimum atomic E-state index is 0. The highest BCUT2D eigenvalue weighted by Crippen LogP contribution is 2.19. The van der Waals surface area contributed by atoms with Crippen LogP contribution in [0.15, 0.2) is 18.2 Å². The Balaban J connectivity index is 0.00000180. The lowest BCUT2D eigenvalue weighted by Gasteiger charge is -2.23. The highest BCUT2D eigenvalue weighted by Gasteiger charge is 2.18. The Labute approximate surface area is 122 Å². The summed E-state index contributed by atoms with van der Waals surface area (Å²) in [4.78, 5) is 2.39. The molecule has 108 valence electrons. The summed E-state index contributed by atoms with van der Waals surface area (Å²) >= 11 is 0. The summed E-state index contributed by atoms with van der Waals surface area (Å²) in [5.74, 6) is 1.02. The molecule has 1 aliphatic rings. The molecule has 1 unspecified atom stereocenters. The number of halogens is 1. The van der Waals surface area contributed by atoms with E-state index in [0.29, 0.717) is 6.04 Å². The maximum Gasteiger partial charge on any atom is 0.122 e. The predicted octanol–water partition coefficient (Wildman–Crippen LogP) is 2.40. The van der Waals surface area contributed by atoms with Crippen LogP contribution in [0.25, 0.3) is 0 Å². The molecule has 0 saturated carbocycles. The fourth-order valence-electron chi connectivity index (χ4n) is 2.36. The molecular formula is C15H25ClN2O. The number of hydrogen-bond acceptors (Lipinski definition) is 3. The van der Waals surface area contributed by atoms with Gasteiger partial charge in [-0.1, -0.05) is 12.1 Å². The number of ether oxygens (including phenoxy) is 1. The molecule has 1 saturated heterocycles. The van der Waals surface area contributed by atoms with Gasteiger partial charge in [-0.05, 0) is 51.1 Å². The first-order chi connectivity index (χ1) is 8.66. The predicted molar refractivity (Wildman–Crippen MR) is 82.6 cm³/mol. The van der Waals surface area contributed by atoms with E-state index >= 15 is 0 Å². The van der Waals surface area contributed by atoms with E-state index in [2.05, 4.69) is 49.3 Å². The molecular weight excluding hydrogens is 260 g/mol. The molecule has 1 aliphatic heterocycles. The summed E-state index contributed by atoms with van der Waals surface area (Å²) in [7, 11) is 2.18. The number of aryl methyl sites for hydroxylation is 2. The Morgan fingerprint density at radius 1 is 1.37 bits per heavy atom. The second kappa shape index (κ2) is 7.73. The van der Waals surface area contributed by atoms with Gasteiger partial charge in [-0.3, -0.25) is 4.90 Å². The molecule has 1 atom stereocenters. The Hall–Kier alpha value is -0.770. The molecule has 19 heavy (non-hydrogen) atoms. The third-order valence-corrected chi connectivity index (χ3v) is 3.70. The molecule has 3 nitrogen and oxygen atoms in total. The third-order valence-electron chi connectivity index (χ3n) is 3.70. The van der Waals surface area contributed by atoms with Gasteiger partial charge in [0.15, 0.2) is 0 Å². The normalized spacial score (nSPS) is 18.4. The molecule has 2 rings (SSSR count). The van der Waals surface area contributed by atoms with Gasteiger partial charge in [0.2, 0.25) is 0 Å². The first kappa shape index (κ1) is 16.3. The summed E-state index contributed by atoms with van der Waals surface area (Å²) in [5.41, 5.74) is 2.47. The molecule has 0 aromatic heterocycles. The van der Waals surface area contributed by atoms with Crippen molar-refractivity contribution < 1.29 is 4.74 Å². The van der Waals surface area contributed by atoms with Crippen LogP contribution >= 0.6 is 12.4 Å². The SMILES string of the molecule is Cc1ccc(C)c(OCCN(C)C2CCNC2)c1.Cl. The topological polar surface area (TPSA) is 24.5 Å². The van der Waals surface area contributed by atoms with Crippen LogP contribution in [0.3, 0.4) is 0 Å². The first-order valence-corrected chi connectivity index (χ1v) is 6.78. The monoisotopic (exact) mass is 284 g/mol. The van der Waals surface area contributed by atoms with E-state index in [-0.39, 0.29) is 12.4 Å². The van der Waals surface area contributed by atoms with Crippen LogP contribution in [0.2, 0.25) is 0 Å². The van der Waals surface area contributed by atoms with Crippen LogP contribution in [0, 0.1) is 13.8 Å². The maximum atomic E-state index is 5.89. The standard InChI is InChI=1S/C15H24N2O.ClH/c1-12-4-5-13(2)15(10-12)18-9-8-17(3)14-6-7-16-11-14;/h4-5,10,14,16H,6-9,11H2,1-3H3;1H. The van der Waals surface area contributed by atoms with Crippen LogP contribution in [0.4, 0.5) is 0 Å². The van der Waals surface area contributed by atoms with E-state index in [1.807, 2.05) is 0 Å². The zero-order valence-corrected chi connectivity index (χ0v) is 12.9. The number of nitrogens with zero attached hydrogens (tertiary/aromatic N) is 1. The lowest BCUT2D eigenvalue weighted by molar-refractivity contribution is 0.199. The van der Waals surface area contributed by atoms with Crippen LogP contribution < -0.4 is 10.1 Å². The number of rotatable bonds is 5. The Kier molecular flexibility index (Phi) is 6.63. The van der Waals surface area contributed by atoms with E-state index in [0.717, 1.165) is 32.0 Å². The van der Waals surface area contributed by atoms with E-state index in [1.54, 1.807) is 0 Å². The summed E-state index contributed by atoms with van der Waals surface area (Å²) in [6.07, 6.45) is 1.25. The number of hydrogen-bond donors (Lipinski definition) is 1. The molecule has 1 aromatic rings. The quantitative estimate of drug-likeness (QED) is 0.899. The van der Waals surface area contributed by atoms with Crippen molar-refractivity contribution in [3.63, 3.8) is 0 Å². The lowest BCUT2D eigenvalue weighted by Crippen LogP contribution is -2.36. The van der Waals surface area contributed by atoms with Gasteiger partial charge in [-0.2, -0.15) is 0 Å². The molecule has 1 aromatic carbocycles. The van der Waals surface area contributed by atoms with Gasteiger partial charge in [0.25, 0.3) is 0 Å². The van der Waals surface area contributed by atoms with Gasteiger partial charge in [0.1, 0.15) is 12.4 Å². The average molecular weight is 285 g/mol. The van der Waals surface area contributed by atoms with Gasteiger partial charge >= 0.3 is 0 Å². The number of nitrogens with one attached hydrogen (secondary N) is 1.